The van der Waals surface area contributed by atoms with E-state index in [1.165, 1.54) is 11.1 Å². The van der Waals surface area contributed by atoms with Crippen molar-refractivity contribution in [2.75, 3.05) is 13.2 Å². The zero-order valence-corrected chi connectivity index (χ0v) is 15.6. The van der Waals surface area contributed by atoms with Gasteiger partial charge in [0.15, 0.2) is 0 Å². The van der Waals surface area contributed by atoms with Crippen molar-refractivity contribution in [1.82, 2.24) is 5.32 Å². The lowest BCUT2D eigenvalue weighted by Gasteiger charge is -2.24. The van der Waals surface area contributed by atoms with E-state index in [1.54, 1.807) is 6.92 Å². The first-order valence-corrected chi connectivity index (χ1v) is 9.37. The fourth-order valence-corrected chi connectivity index (χ4v) is 3.66. The highest BCUT2D eigenvalue weighted by atomic mass is 16.5. The van der Waals surface area contributed by atoms with Crippen LogP contribution in [-0.4, -0.2) is 31.1 Å². The molecule has 5 heteroatoms. The molecule has 0 saturated heterocycles. The summed E-state index contributed by atoms with van der Waals surface area (Å²) in [4.78, 5) is 23.8. The monoisotopic (exact) mass is 366 g/mol. The number of ether oxygens (including phenoxy) is 1. The molecule has 1 atom stereocenters. The van der Waals surface area contributed by atoms with Crippen molar-refractivity contribution < 1.29 is 14.3 Å². The number of carbonyl (C=O) groups excluding carboxylic acids is 2. The van der Waals surface area contributed by atoms with Crippen molar-refractivity contribution in [2.45, 2.75) is 37.6 Å². The van der Waals surface area contributed by atoms with Gasteiger partial charge in [0.05, 0.1) is 5.54 Å². The third kappa shape index (κ3) is 4.19. The molecule has 3 rings (SSSR count). The van der Waals surface area contributed by atoms with E-state index in [4.69, 9.17) is 10.5 Å². The second-order valence-corrected chi connectivity index (χ2v) is 7.23. The summed E-state index contributed by atoms with van der Waals surface area (Å²) in [5.74, 6) is 0.00266. The minimum Gasteiger partial charge on any atom is -0.449 e. The first-order valence-electron chi connectivity index (χ1n) is 9.37. The van der Waals surface area contributed by atoms with Gasteiger partial charge in [0.25, 0.3) is 0 Å². The Labute approximate surface area is 159 Å². The minimum absolute atomic E-state index is 0.00266. The normalized spacial score (nSPS) is 14.7. The molecular weight excluding hydrogens is 340 g/mol. The van der Waals surface area contributed by atoms with E-state index in [1.807, 2.05) is 24.3 Å². The fraction of sp³-hybridized carbons (Fsp3) is 0.364. The summed E-state index contributed by atoms with van der Waals surface area (Å²) in [5, 5.41) is 2.70. The Morgan fingerprint density at radius 1 is 1.11 bits per heavy atom. The Balaban J connectivity index is 1.66. The first-order chi connectivity index (χ1) is 13.1. The van der Waals surface area contributed by atoms with Gasteiger partial charge < -0.3 is 20.6 Å². The molecule has 0 bridgehead atoms. The highest BCUT2D eigenvalue weighted by molar-refractivity contribution is 5.79. The number of nitrogens with two attached hydrogens (primary N) is 1. The summed E-state index contributed by atoms with van der Waals surface area (Å²) in [5.41, 5.74) is 9.25. The number of hydrogen-bond acceptors (Lipinski definition) is 4. The molecule has 0 heterocycles. The first kappa shape index (κ1) is 19.1. The maximum atomic E-state index is 12.3. The molecule has 0 fully saturated rings. The van der Waals surface area contributed by atoms with Crippen LogP contribution in [0.2, 0.25) is 0 Å². The predicted molar refractivity (Wildman–Crippen MR) is 106 cm³/mol. The molecule has 0 saturated carbocycles. The Kier molecular flexibility index (Phi) is 5.91. The van der Waals surface area contributed by atoms with Crippen LogP contribution < -0.4 is 11.1 Å². The van der Waals surface area contributed by atoms with Crippen LogP contribution in [-0.2, 0) is 9.53 Å². The third-order valence-electron chi connectivity index (χ3n) is 5.14. The predicted octanol–water partition coefficient (Wildman–Crippen LogP) is 3.61. The molecule has 2 aromatic carbocycles. The summed E-state index contributed by atoms with van der Waals surface area (Å²) < 4.78 is 5.51. The van der Waals surface area contributed by atoms with Crippen molar-refractivity contribution >= 4 is 12.4 Å². The standard InChI is InChI=1S/C22H26N2O3/c1-22(15-25,12-6-7-13-23)24-21(26)27-14-20-18-10-4-2-8-16(18)17-9-3-5-11-19(17)20/h2-5,8-11,15,20H,6-7,12-14,23H2,1H3,(H,24,26)/t22-/m1/s1. The summed E-state index contributed by atoms with van der Waals surface area (Å²) in [6.07, 6.45) is 2.33. The van der Waals surface area contributed by atoms with E-state index in [0.717, 1.165) is 30.3 Å². The molecule has 1 aliphatic rings. The summed E-state index contributed by atoms with van der Waals surface area (Å²) in [6, 6.07) is 16.4. The molecule has 0 aromatic heterocycles. The van der Waals surface area contributed by atoms with Gasteiger partial charge in [-0.25, -0.2) is 4.79 Å². The fourth-order valence-electron chi connectivity index (χ4n) is 3.66. The van der Waals surface area contributed by atoms with Gasteiger partial charge in [-0.1, -0.05) is 48.5 Å². The SMILES string of the molecule is C[C@](C=O)(CCCCN)NC(=O)OCC1c2ccccc2-c2ccccc21. The molecule has 2 aromatic rings. The molecule has 3 N–H and O–H groups in total. The maximum absolute atomic E-state index is 12.3. The van der Waals surface area contributed by atoms with Gasteiger partial charge in [-0.05, 0) is 55.0 Å². The topological polar surface area (TPSA) is 81.4 Å². The Bertz CT molecular complexity index is 775. The highest BCUT2D eigenvalue weighted by Crippen LogP contribution is 2.44. The van der Waals surface area contributed by atoms with Crippen molar-refractivity contribution in [1.29, 1.82) is 0 Å². The van der Waals surface area contributed by atoms with Gasteiger partial charge in [0.1, 0.15) is 12.9 Å². The molecule has 0 aliphatic heterocycles. The van der Waals surface area contributed by atoms with Crippen molar-refractivity contribution in [3.05, 3.63) is 59.7 Å². The van der Waals surface area contributed by atoms with Crippen LogP contribution in [0.4, 0.5) is 4.79 Å². The van der Waals surface area contributed by atoms with Crippen LogP contribution in [0.3, 0.4) is 0 Å². The molecule has 0 unspecified atom stereocenters. The van der Waals surface area contributed by atoms with E-state index in [0.29, 0.717) is 13.0 Å². The van der Waals surface area contributed by atoms with Crippen molar-refractivity contribution in [3.63, 3.8) is 0 Å². The molecule has 1 amide bonds. The van der Waals surface area contributed by atoms with Crippen LogP contribution in [0, 0.1) is 0 Å². The Morgan fingerprint density at radius 3 is 2.26 bits per heavy atom. The number of fused-ring (bicyclic) bond motifs is 3. The zero-order chi connectivity index (χ0) is 19.3. The van der Waals surface area contributed by atoms with E-state index >= 15 is 0 Å². The average molecular weight is 366 g/mol. The second kappa shape index (κ2) is 8.35. The smallest absolute Gasteiger partial charge is 0.407 e. The number of carbonyl (C=O) groups is 2. The van der Waals surface area contributed by atoms with E-state index in [2.05, 4.69) is 29.6 Å². The van der Waals surface area contributed by atoms with Gasteiger partial charge in [-0.15, -0.1) is 0 Å². The van der Waals surface area contributed by atoms with Crippen LogP contribution in [0.25, 0.3) is 11.1 Å². The molecular formula is C22H26N2O3. The quantitative estimate of drug-likeness (QED) is 0.552. The lowest BCUT2D eigenvalue weighted by atomic mass is 9.97. The lowest BCUT2D eigenvalue weighted by molar-refractivity contribution is -0.113. The van der Waals surface area contributed by atoms with Crippen LogP contribution in [0.5, 0.6) is 0 Å². The van der Waals surface area contributed by atoms with Crippen molar-refractivity contribution in [2.24, 2.45) is 5.73 Å². The largest absolute Gasteiger partial charge is 0.449 e. The summed E-state index contributed by atoms with van der Waals surface area (Å²) >= 11 is 0. The number of benzene rings is 2. The minimum atomic E-state index is -0.933. The van der Waals surface area contributed by atoms with Crippen LogP contribution in [0.1, 0.15) is 43.2 Å². The Hall–Kier alpha value is -2.66. The number of alkyl carbamates (subject to hydrolysis) is 1. The number of hydrogen-bond donors (Lipinski definition) is 2. The van der Waals surface area contributed by atoms with E-state index < -0.39 is 11.6 Å². The summed E-state index contributed by atoms with van der Waals surface area (Å²) in [6.45, 7) is 2.51. The number of aldehydes is 1. The van der Waals surface area contributed by atoms with Gasteiger partial charge in [0.2, 0.25) is 0 Å². The number of nitrogens with one attached hydrogen (secondary N) is 1. The van der Waals surface area contributed by atoms with Crippen LogP contribution >= 0.6 is 0 Å². The Morgan fingerprint density at radius 2 is 1.70 bits per heavy atom. The van der Waals surface area contributed by atoms with E-state index in [9.17, 15) is 9.59 Å². The third-order valence-corrected chi connectivity index (χ3v) is 5.14. The van der Waals surface area contributed by atoms with E-state index in [-0.39, 0.29) is 12.5 Å². The molecule has 0 spiro atoms. The van der Waals surface area contributed by atoms with Crippen LogP contribution in [0.15, 0.2) is 48.5 Å². The van der Waals surface area contributed by atoms with Crippen molar-refractivity contribution in [3.8, 4) is 11.1 Å². The average Bonchev–Trinajstić information content (AvgIpc) is 3.00. The van der Waals surface area contributed by atoms with Gasteiger partial charge in [-0.3, -0.25) is 0 Å². The molecule has 142 valence electrons. The highest BCUT2D eigenvalue weighted by Gasteiger charge is 2.30. The number of amides is 1. The zero-order valence-electron chi connectivity index (χ0n) is 15.6. The second-order valence-electron chi connectivity index (χ2n) is 7.23. The summed E-state index contributed by atoms with van der Waals surface area (Å²) in [7, 11) is 0. The van der Waals surface area contributed by atoms with Gasteiger partial charge in [-0.2, -0.15) is 0 Å². The number of unbranched alkanes of at least 4 members (excludes halogenated alkanes) is 1. The van der Waals surface area contributed by atoms with Gasteiger partial charge in [0, 0.05) is 5.92 Å². The molecule has 27 heavy (non-hydrogen) atoms. The lowest BCUT2D eigenvalue weighted by Crippen LogP contribution is -2.47. The maximum Gasteiger partial charge on any atom is 0.407 e. The molecule has 0 radical (unpaired) electrons. The van der Waals surface area contributed by atoms with Gasteiger partial charge >= 0.3 is 6.09 Å². The molecule has 1 aliphatic carbocycles. The molecule has 5 nitrogen and oxygen atoms in total. The number of rotatable bonds is 8.